The van der Waals surface area contributed by atoms with Gasteiger partial charge in [0.1, 0.15) is 0 Å². The van der Waals surface area contributed by atoms with E-state index >= 15 is 0 Å². The van der Waals surface area contributed by atoms with Crippen LogP contribution in [0, 0.1) is 6.92 Å². The minimum Gasteiger partial charge on any atom is -0.450 e. The normalized spacial score (nSPS) is 10.6. The summed E-state index contributed by atoms with van der Waals surface area (Å²) in [6, 6.07) is 8.79. The summed E-state index contributed by atoms with van der Waals surface area (Å²) in [5, 5.41) is 7.28. The first-order chi connectivity index (χ1) is 12.0. The zero-order valence-electron chi connectivity index (χ0n) is 13.3. The molecule has 1 N–H and O–H groups in total. The number of fused-ring (bicyclic) bond motifs is 1. The predicted molar refractivity (Wildman–Crippen MR) is 89.1 cm³/mol. The summed E-state index contributed by atoms with van der Waals surface area (Å²) in [6.45, 7) is 1.69. The topological polar surface area (TPSA) is 98.5 Å². The Bertz CT molecular complexity index is 923. The molecular formula is C16H14ClN5O3. The van der Waals surface area contributed by atoms with Crippen LogP contribution in [-0.2, 0) is 16.1 Å². The quantitative estimate of drug-likeness (QED) is 0.694. The van der Waals surface area contributed by atoms with Gasteiger partial charge in [-0.05, 0) is 30.7 Å². The zero-order valence-corrected chi connectivity index (χ0v) is 14.0. The number of esters is 1. The van der Waals surface area contributed by atoms with E-state index in [0.717, 1.165) is 11.3 Å². The van der Waals surface area contributed by atoms with E-state index < -0.39 is 18.5 Å². The van der Waals surface area contributed by atoms with Gasteiger partial charge in [0.2, 0.25) is 0 Å². The summed E-state index contributed by atoms with van der Waals surface area (Å²) in [7, 11) is 0. The van der Waals surface area contributed by atoms with Gasteiger partial charge in [0.15, 0.2) is 6.61 Å². The van der Waals surface area contributed by atoms with Gasteiger partial charge >= 0.3 is 5.97 Å². The lowest BCUT2D eigenvalue weighted by Crippen LogP contribution is -2.28. The molecule has 0 saturated heterocycles. The van der Waals surface area contributed by atoms with Gasteiger partial charge < -0.3 is 10.1 Å². The summed E-state index contributed by atoms with van der Waals surface area (Å²) in [4.78, 5) is 31.7. The number of hydrogen-bond donors (Lipinski definition) is 1. The third-order valence-electron chi connectivity index (χ3n) is 3.35. The van der Waals surface area contributed by atoms with Gasteiger partial charge in [-0.3, -0.25) is 4.79 Å². The number of nitrogens with zero attached hydrogens (tertiary/aromatic N) is 4. The Kier molecular flexibility index (Phi) is 4.90. The van der Waals surface area contributed by atoms with E-state index in [9.17, 15) is 9.59 Å². The van der Waals surface area contributed by atoms with Crippen molar-refractivity contribution in [3.63, 3.8) is 0 Å². The largest absolute Gasteiger partial charge is 0.450 e. The van der Waals surface area contributed by atoms with E-state index in [4.69, 9.17) is 16.3 Å². The smallest absolute Gasteiger partial charge is 0.378 e. The Morgan fingerprint density at radius 2 is 2.00 bits per heavy atom. The molecule has 2 heterocycles. The van der Waals surface area contributed by atoms with Crippen molar-refractivity contribution >= 4 is 29.3 Å². The molecule has 0 aliphatic carbocycles. The molecule has 25 heavy (non-hydrogen) atoms. The number of rotatable bonds is 5. The highest BCUT2D eigenvalue weighted by Crippen LogP contribution is 2.09. The first-order valence-corrected chi connectivity index (χ1v) is 7.77. The number of benzene rings is 1. The van der Waals surface area contributed by atoms with Gasteiger partial charge in [-0.1, -0.05) is 23.7 Å². The summed E-state index contributed by atoms with van der Waals surface area (Å²) >= 11 is 5.79. The second-order valence-corrected chi connectivity index (χ2v) is 5.65. The number of nitrogens with one attached hydrogen (secondary N) is 1. The van der Waals surface area contributed by atoms with Gasteiger partial charge in [-0.2, -0.15) is 4.98 Å². The average molecular weight is 360 g/mol. The van der Waals surface area contributed by atoms with E-state index in [1.165, 1.54) is 4.52 Å². The van der Waals surface area contributed by atoms with Gasteiger partial charge in [-0.25, -0.2) is 14.3 Å². The second kappa shape index (κ2) is 7.27. The fourth-order valence-corrected chi connectivity index (χ4v) is 2.17. The molecular weight excluding hydrogens is 346 g/mol. The van der Waals surface area contributed by atoms with Crippen LogP contribution >= 0.6 is 11.6 Å². The molecule has 0 aliphatic rings. The maximum atomic E-state index is 12.0. The van der Waals surface area contributed by atoms with E-state index in [0.29, 0.717) is 17.3 Å². The third kappa shape index (κ3) is 4.10. The molecule has 0 spiro atoms. The molecule has 0 atom stereocenters. The van der Waals surface area contributed by atoms with Crippen LogP contribution in [0.5, 0.6) is 0 Å². The minimum atomic E-state index is -0.786. The minimum absolute atomic E-state index is 0.146. The first kappa shape index (κ1) is 16.8. The number of aromatic nitrogens is 4. The second-order valence-electron chi connectivity index (χ2n) is 5.21. The number of carbonyl (C=O) groups is 2. The molecule has 1 aromatic carbocycles. The molecule has 0 fully saturated rings. The molecule has 0 radical (unpaired) electrons. The number of aryl methyl sites for hydroxylation is 1. The standard InChI is InChI=1S/C16H14ClN5O3/c1-10-6-7-18-16-20-14(21-22(10)16)15(24)25-9-13(23)19-8-11-2-4-12(17)5-3-11/h2-7H,8-9H2,1H3,(H,19,23). The van der Waals surface area contributed by atoms with Crippen LogP contribution in [0.3, 0.4) is 0 Å². The van der Waals surface area contributed by atoms with Crippen molar-refractivity contribution in [1.29, 1.82) is 0 Å². The van der Waals surface area contributed by atoms with Crippen molar-refractivity contribution < 1.29 is 14.3 Å². The Labute approximate surface area is 147 Å². The fraction of sp³-hybridized carbons (Fsp3) is 0.188. The molecule has 8 nitrogen and oxygen atoms in total. The van der Waals surface area contributed by atoms with Crippen LogP contribution < -0.4 is 5.32 Å². The van der Waals surface area contributed by atoms with Crippen molar-refractivity contribution in [2.24, 2.45) is 0 Å². The molecule has 3 rings (SSSR count). The first-order valence-electron chi connectivity index (χ1n) is 7.39. The molecule has 0 aliphatic heterocycles. The van der Waals surface area contributed by atoms with E-state index in [2.05, 4.69) is 20.4 Å². The highest BCUT2D eigenvalue weighted by molar-refractivity contribution is 6.30. The van der Waals surface area contributed by atoms with Gasteiger partial charge in [-0.15, -0.1) is 5.10 Å². The van der Waals surface area contributed by atoms with Crippen LogP contribution in [-0.4, -0.2) is 38.1 Å². The molecule has 0 unspecified atom stereocenters. The van der Waals surface area contributed by atoms with E-state index in [-0.39, 0.29) is 5.82 Å². The highest BCUT2D eigenvalue weighted by atomic mass is 35.5. The third-order valence-corrected chi connectivity index (χ3v) is 3.60. The number of ether oxygens (including phenoxy) is 1. The van der Waals surface area contributed by atoms with Crippen molar-refractivity contribution in [2.45, 2.75) is 13.5 Å². The van der Waals surface area contributed by atoms with Crippen molar-refractivity contribution in [3.05, 3.63) is 58.6 Å². The van der Waals surface area contributed by atoms with E-state index in [1.807, 2.05) is 6.92 Å². The number of carbonyl (C=O) groups excluding carboxylic acids is 2. The highest BCUT2D eigenvalue weighted by Gasteiger charge is 2.17. The van der Waals surface area contributed by atoms with Crippen molar-refractivity contribution in [3.8, 4) is 0 Å². The average Bonchev–Trinajstić information content (AvgIpc) is 3.05. The SMILES string of the molecule is Cc1ccnc2nc(C(=O)OCC(=O)NCc3ccc(Cl)cc3)nn12. The Morgan fingerprint density at radius 1 is 1.24 bits per heavy atom. The van der Waals surface area contributed by atoms with Gasteiger partial charge in [0, 0.05) is 23.5 Å². The predicted octanol–water partition coefficient (Wildman–Crippen LogP) is 1.56. The lowest BCUT2D eigenvalue weighted by atomic mass is 10.2. The summed E-state index contributed by atoms with van der Waals surface area (Å²) < 4.78 is 6.36. The molecule has 3 aromatic rings. The van der Waals surface area contributed by atoms with Crippen molar-refractivity contribution in [1.82, 2.24) is 24.9 Å². The molecule has 9 heteroatoms. The Morgan fingerprint density at radius 3 is 2.72 bits per heavy atom. The summed E-state index contributed by atoms with van der Waals surface area (Å²) in [5.41, 5.74) is 1.66. The fourth-order valence-electron chi connectivity index (χ4n) is 2.04. The zero-order chi connectivity index (χ0) is 17.8. The summed E-state index contributed by atoms with van der Waals surface area (Å²) in [5.74, 6) is -1.07. The van der Waals surface area contributed by atoms with Crippen LogP contribution in [0.25, 0.3) is 5.78 Å². The molecule has 0 saturated carbocycles. The van der Waals surface area contributed by atoms with Crippen LogP contribution in [0.15, 0.2) is 36.5 Å². The van der Waals surface area contributed by atoms with Crippen molar-refractivity contribution in [2.75, 3.05) is 6.61 Å². The number of amides is 1. The van der Waals surface area contributed by atoms with Gasteiger partial charge in [0.05, 0.1) is 0 Å². The number of halogens is 1. The molecule has 0 bridgehead atoms. The molecule has 2 aromatic heterocycles. The molecule has 1 amide bonds. The van der Waals surface area contributed by atoms with E-state index in [1.54, 1.807) is 36.5 Å². The maximum absolute atomic E-state index is 12.0. The van der Waals surface area contributed by atoms with Gasteiger partial charge in [0.25, 0.3) is 17.5 Å². The lowest BCUT2D eigenvalue weighted by molar-refractivity contribution is -0.124. The Hall–Kier alpha value is -3.00. The monoisotopic (exact) mass is 359 g/mol. The van der Waals surface area contributed by atoms with Crippen LogP contribution in [0.2, 0.25) is 5.02 Å². The van der Waals surface area contributed by atoms with Crippen LogP contribution in [0.4, 0.5) is 0 Å². The lowest BCUT2D eigenvalue weighted by Gasteiger charge is -2.05. The molecule has 128 valence electrons. The summed E-state index contributed by atoms with van der Waals surface area (Å²) in [6.07, 6.45) is 1.57. The maximum Gasteiger partial charge on any atom is 0.378 e. The number of hydrogen-bond acceptors (Lipinski definition) is 6. The van der Waals surface area contributed by atoms with Crippen LogP contribution in [0.1, 0.15) is 21.9 Å². The Balaban J connectivity index is 1.53.